The van der Waals surface area contributed by atoms with E-state index in [1.54, 1.807) is 42.1 Å². The van der Waals surface area contributed by atoms with Crippen molar-refractivity contribution in [3.8, 4) is 0 Å². The molecule has 1 aromatic carbocycles. The number of guanidine groups is 1. The number of hydrogen-bond acceptors (Lipinski definition) is 5. The molecule has 1 heterocycles. The van der Waals surface area contributed by atoms with Crippen LogP contribution in [0.3, 0.4) is 0 Å². The number of thiazole rings is 1. The van der Waals surface area contributed by atoms with E-state index in [9.17, 15) is 4.79 Å². The molecule has 0 aliphatic carbocycles. The lowest BCUT2D eigenvalue weighted by Gasteiger charge is -2.13. The average Bonchev–Trinajstić information content (AvgIpc) is 3.17. The number of thioether (sulfide) groups is 1. The molecule has 2 N–H and O–H groups in total. The molecule has 0 unspecified atom stereocenters. The topological polar surface area (TPSA) is 69.6 Å². The van der Waals surface area contributed by atoms with Crippen LogP contribution in [-0.2, 0) is 17.6 Å². The van der Waals surface area contributed by atoms with Gasteiger partial charge in [-0.25, -0.2) is 9.98 Å². The number of hydrogen-bond donors (Lipinski definition) is 2. The lowest BCUT2D eigenvalue weighted by molar-refractivity contribution is -0.127. The maximum atomic E-state index is 11.8. The van der Waals surface area contributed by atoms with E-state index in [2.05, 4.69) is 39.7 Å². The molecular weight excluding hydrogens is 517 g/mol. The van der Waals surface area contributed by atoms with Crippen LogP contribution >= 0.6 is 47.1 Å². The Bertz CT molecular complexity index is 752. The van der Waals surface area contributed by atoms with Gasteiger partial charge < -0.3 is 15.5 Å². The zero-order chi connectivity index (χ0) is 20.2. The van der Waals surface area contributed by atoms with Gasteiger partial charge in [0.2, 0.25) is 5.91 Å². The van der Waals surface area contributed by atoms with Crippen LogP contribution in [0.4, 0.5) is 0 Å². The van der Waals surface area contributed by atoms with Gasteiger partial charge in [-0.05, 0) is 18.6 Å². The van der Waals surface area contributed by atoms with Gasteiger partial charge in [-0.2, -0.15) is 0 Å². The Morgan fingerprint density at radius 3 is 2.59 bits per heavy atom. The fourth-order valence-corrected chi connectivity index (χ4v) is 3.88. The summed E-state index contributed by atoms with van der Waals surface area (Å²) >= 11 is 3.54. The highest BCUT2D eigenvalue weighted by Gasteiger charge is 2.06. The van der Waals surface area contributed by atoms with Gasteiger partial charge in [0.15, 0.2) is 5.96 Å². The van der Waals surface area contributed by atoms with Crippen LogP contribution < -0.4 is 10.6 Å². The maximum Gasteiger partial charge on any atom is 0.243 e. The third-order valence-corrected chi connectivity index (χ3v) is 6.07. The first-order chi connectivity index (χ1) is 13.6. The number of carbonyl (C=O) groups is 1. The zero-order valence-electron chi connectivity index (χ0n) is 17.2. The summed E-state index contributed by atoms with van der Waals surface area (Å²) in [6.45, 7) is 3.76. The molecule has 160 valence electrons. The highest BCUT2D eigenvalue weighted by atomic mass is 127. The molecule has 0 saturated heterocycles. The lowest BCUT2D eigenvalue weighted by Crippen LogP contribution is -2.40. The molecule has 9 heteroatoms. The number of carbonyl (C=O) groups excluding carboxylic acids is 1. The Balaban J connectivity index is 0.00000420. The van der Waals surface area contributed by atoms with Crippen molar-refractivity contribution in [3.05, 3.63) is 46.4 Å². The highest BCUT2D eigenvalue weighted by molar-refractivity contribution is 14.0. The second kappa shape index (κ2) is 14.6. The van der Waals surface area contributed by atoms with Crippen LogP contribution in [0.1, 0.15) is 16.8 Å². The zero-order valence-corrected chi connectivity index (χ0v) is 21.1. The van der Waals surface area contributed by atoms with E-state index >= 15 is 0 Å². The smallest absolute Gasteiger partial charge is 0.243 e. The highest BCUT2D eigenvalue weighted by Crippen LogP contribution is 2.15. The van der Waals surface area contributed by atoms with Gasteiger partial charge in [0.1, 0.15) is 6.54 Å². The first kappa shape index (κ1) is 25.7. The quantitative estimate of drug-likeness (QED) is 0.157. The number of aryl methyl sites for hydroxylation is 1. The minimum atomic E-state index is -0.0210. The van der Waals surface area contributed by atoms with Gasteiger partial charge >= 0.3 is 0 Å². The van der Waals surface area contributed by atoms with E-state index in [0.29, 0.717) is 5.96 Å². The average molecular weight is 548 g/mol. The van der Waals surface area contributed by atoms with Crippen LogP contribution in [0.15, 0.2) is 46.4 Å². The molecule has 0 radical (unpaired) electrons. The van der Waals surface area contributed by atoms with E-state index in [1.807, 2.05) is 24.4 Å². The molecule has 1 aromatic heterocycles. The van der Waals surface area contributed by atoms with Crippen LogP contribution in [0.2, 0.25) is 0 Å². The standard InChI is InChI=1S/C20H29N5OS2.HI/c1-4-16-14-23-18(28-16)10-11-21-20(24-15-19(26)25(2)3)22-12-13-27-17-8-6-5-7-9-17;/h5-9,14H,4,10-13,15H2,1-3H3,(H2,21,22,24);1H. The van der Waals surface area contributed by atoms with Crippen LogP contribution in [0, 0.1) is 0 Å². The largest absolute Gasteiger partial charge is 0.356 e. The predicted molar refractivity (Wildman–Crippen MR) is 135 cm³/mol. The number of benzene rings is 1. The monoisotopic (exact) mass is 547 g/mol. The Morgan fingerprint density at radius 1 is 1.21 bits per heavy atom. The number of halogens is 1. The molecule has 0 fully saturated rings. The Morgan fingerprint density at radius 2 is 1.93 bits per heavy atom. The number of likely N-dealkylation sites (N-methyl/N-ethyl adjacent to an activating group) is 1. The third kappa shape index (κ3) is 10.3. The first-order valence-corrected chi connectivity index (χ1v) is 11.2. The SMILES string of the molecule is CCc1cnc(CCNC(=NCC(=O)N(C)C)NCCSc2ccccc2)s1.I. The van der Waals surface area contributed by atoms with Crippen molar-refractivity contribution in [2.24, 2.45) is 4.99 Å². The van der Waals surface area contributed by atoms with E-state index in [4.69, 9.17) is 0 Å². The molecule has 1 amide bonds. The van der Waals surface area contributed by atoms with Crippen molar-refractivity contribution >= 4 is 58.9 Å². The molecule has 0 aliphatic heterocycles. The molecule has 2 rings (SSSR count). The van der Waals surface area contributed by atoms with Gasteiger partial charge in [0.25, 0.3) is 0 Å². The Kier molecular flexibility index (Phi) is 13.0. The van der Waals surface area contributed by atoms with Crippen molar-refractivity contribution in [1.82, 2.24) is 20.5 Å². The van der Waals surface area contributed by atoms with Crippen LogP contribution in [-0.4, -0.2) is 61.2 Å². The van der Waals surface area contributed by atoms with Crippen LogP contribution in [0.25, 0.3) is 0 Å². The fraction of sp³-hybridized carbons (Fsp3) is 0.450. The Labute approximate surface area is 199 Å². The van der Waals surface area contributed by atoms with Crippen molar-refractivity contribution in [2.75, 3.05) is 39.5 Å². The van der Waals surface area contributed by atoms with E-state index in [-0.39, 0.29) is 36.4 Å². The minimum Gasteiger partial charge on any atom is -0.356 e. The summed E-state index contributed by atoms with van der Waals surface area (Å²) in [6, 6.07) is 10.3. The number of amides is 1. The normalized spacial score (nSPS) is 10.9. The molecule has 0 aliphatic rings. The summed E-state index contributed by atoms with van der Waals surface area (Å²) in [7, 11) is 3.48. The molecule has 0 bridgehead atoms. The van der Waals surface area contributed by atoms with Crippen molar-refractivity contribution in [3.63, 3.8) is 0 Å². The summed E-state index contributed by atoms with van der Waals surface area (Å²) in [4.78, 5) is 24.8. The van der Waals surface area contributed by atoms with Crippen molar-refractivity contribution in [2.45, 2.75) is 24.7 Å². The van der Waals surface area contributed by atoms with Gasteiger partial charge in [0.05, 0.1) is 5.01 Å². The van der Waals surface area contributed by atoms with E-state index < -0.39 is 0 Å². The fourth-order valence-electron chi connectivity index (χ4n) is 2.23. The van der Waals surface area contributed by atoms with Crippen LogP contribution in [0.5, 0.6) is 0 Å². The number of nitrogens with zero attached hydrogens (tertiary/aromatic N) is 3. The summed E-state index contributed by atoms with van der Waals surface area (Å²) in [5.74, 6) is 1.56. The minimum absolute atomic E-state index is 0. The molecule has 0 spiro atoms. The van der Waals surface area contributed by atoms with E-state index in [1.165, 1.54) is 9.77 Å². The first-order valence-electron chi connectivity index (χ1n) is 9.42. The van der Waals surface area contributed by atoms with Gasteiger partial charge in [-0.1, -0.05) is 25.1 Å². The summed E-state index contributed by atoms with van der Waals surface area (Å²) in [5, 5.41) is 7.75. The Hall–Kier alpha value is -1.33. The van der Waals surface area contributed by atoms with Crippen molar-refractivity contribution in [1.29, 1.82) is 0 Å². The lowest BCUT2D eigenvalue weighted by atomic mass is 10.4. The van der Waals surface area contributed by atoms with Gasteiger partial charge in [-0.3, -0.25) is 4.79 Å². The third-order valence-electron chi connectivity index (χ3n) is 3.86. The molecule has 29 heavy (non-hydrogen) atoms. The molecule has 2 aromatic rings. The molecule has 6 nitrogen and oxygen atoms in total. The second-order valence-corrected chi connectivity index (χ2v) is 8.66. The molecular formula is C20H30IN5OS2. The van der Waals surface area contributed by atoms with Gasteiger partial charge in [-0.15, -0.1) is 47.1 Å². The number of rotatable bonds is 10. The molecule has 0 atom stereocenters. The van der Waals surface area contributed by atoms with E-state index in [0.717, 1.165) is 36.7 Å². The molecule has 0 saturated carbocycles. The maximum absolute atomic E-state index is 11.8. The number of nitrogens with one attached hydrogen (secondary N) is 2. The summed E-state index contributed by atoms with van der Waals surface area (Å²) in [6.07, 6.45) is 3.81. The number of aromatic nitrogens is 1. The summed E-state index contributed by atoms with van der Waals surface area (Å²) < 4.78 is 0. The summed E-state index contributed by atoms with van der Waals surface area (Å²) in [5.41, 5.74) is 0. The second-order valence-electron chi connectivity index (χ2n) is 6.29. The van der Waals surface area contributed by atoms with Gasteiger partial charge in [0, 0.05) is 55.3 Å². The number of aliphatic imine (C=N–C) groups is 1. The predicted octanol–water partition coefficient (Wildman–Crippen LogP) is 3.28. The van der Waals surface area contributed by atoms with Crippen molar-refractivity contribution < 1.29 is 4.79 Å².